The largest absolute Gasteiger partial charge is 0.309 e. The summed E-state index contributed by atoms with van der Waals surface area (Å²) in [4.78, 5) is 10.3. The predicted molar refractivity (Wildman–Crippen MR) is 223 cm³/mol. The van der Waals surface area contributed by atoms with E-state index in [-0.39, 0.29) is 0 Å². The van der Waals surface area contributed by atoms with Crippen LogP contribution in [0.1, 0.15) is 0 Å². The molecule has 2 heterocycles. The fourth-order valence-corrected chi connectivity index (χ4v) is 8.30. The molecular formula is C50H31N3. The molecule has 0 radical (unpaired) electrons. The summed E-state index contributed by atoms with van der Waals surface area (Å²) in [6.45, 7) is 0. The zero-order valence-electron chi connectivity index (χ0n) is 28.7. The van der Waals surface area contributed by atoms with E-state index in [1.165, 1.54) is 64.9 Å². The van der Waals surface area contributed by atoms with Crippen molar-refractivity contribution in [3.63, 3.8) is 0 Å². The highest BCUT2D eigenvalue weighted by Crippen LogP contribution is 2.44. The second-order valence-corrected chi connectivity index (χ2v) is 13.8. The molecule has 3 heteroatoms. The van der Waals surface area contributed by atoms with Gasteiger partial charge in [0, 0.05) is 38.5 Å². The van der Waals surface area contributed by atoms with Crippen molar-refractivity contribution in [3.8, 4) is 39.6 Å². The highest BCUT2D eigenvalue weighted by atomic mass is 15.0. The Kier molecular flexibility index (Phi) is 6.55. The van der Waals surface area contributed by atoms with Crippen molar-refractivity contribution in [1.82, 2.24) is 14.5 Å². The maximum absolute atomic E-state index is 5.18. The molecule has 3 nitrogen and oxygen atoms in total. The van der Waals surface area contributed by atoms with E-state index in [2.05, 4.69) is 187 Å². The molecule has 11 rings (SSSR count). The van der Waals surface area contributed by atoms with Crippen LogP contribution in [0.5, 0.6) is 0 Å². The molecule has 9 aromatic carbocycles. The number of fused-ring (bicyclic) bond motifs is 11. The third-order valence-electron chi connectivity index (χ3n) is 10.7. The first-order valence-electron chi connectivity index (χ1n) is 18.1. The minimum atomic E-state index is 0.700. The molecule has 0 N–H and O–H groups in total. The van der Waals surface area contributed by atoms with Crippen molar-refractivity contribution in [2.75, 3.05) is 0 Å². The van der Waals surface area contributed by atoms with Gasteiger partial charge >= 0.3 is 0 Å². The van der Waals surface area contributed by atoms with Crippen molar-refractivity contribution in [2.45, 2.75) is 0 Å². The molecule has 246 valence electrons. The molecule has 0 unspecified atom stereocenters. The molecule has 0 fully saturated rings. The lowest BCUT2D eigenvalue weighted by Crippen LogP contribution is -1.98. The first-order chi connectivity index (χ1) is 26.3. The number of para-hydroxylation sites is 1. The van der Waals surface area contributed by atoms with Crippen LogP contribution in [0.15, 0.2) is 188 Å². The van der Waals surface area contributed by atoms with Crippen molar-refractivity contribution >= 4 is 64.9 Å². The molecule has 11 aromatic rings. The molecule has 0 aliphatic heterocycles. The van der Waals surface area contributed by atoms with Gasteiger partial charge in [-0.15, -0.1) is 0 Å². The summed E-state index contributed by atoms with van der Waals surface area (Å²) in [5.74, 6) is 0.700. The predicted octanol–water partition coefficient (Wildman–Crippen LogP) is 13.2. The number of benzene rings is 9. The van der Waals surface area contributed by atoms with Gasteiger partial charge in [-0.3, -0.25) is 0 Å². The highest BCUT2D eigenvalue weighted by Gasteiger charge is 2.20. The average Bonchev–Trinajstić information content (AvgIpc) is 3.59. The third-order valence-corrected chi connectivity index (χ3v) is 10.7. The van der Waals surface area contributed by atoms with Gasteiger partial charge in [-0.1, -0.05) is 146 Å². The van der Waals surface area contributed by atoms with E-state index in [0.29, 0.717) is 5.82 Å². The van der Waals surface area contributed by atoms with Gasteiger partial charge in [-0.25, -0.2) is 9.97 Å². The van der Waals surface area contributed by atoms with Crippen molar-refractivity contribution in [1.29, 1.82) is 0 Å². The van der Waals surface area contributed by atoms with Gasteiger partial charge in [0.2, 0.25) is 0 Å². The van der Waals surface area contributed by atoms with E-state index in [0.717, 1.165) is 33.8 Å². The summed E-state index contributed by atoms with van der Waals surface area (Å²) < 4.78 is 2.44. The fourth-order valence-electron chi connectivity index (χ4n) is 8.30. The van der Waals surface area contributed by atoms with Crippen LogP contribution in [-0.2, 0) is 0 Å². The van der Waals surface area contributed by atoms with Crippen LogP contribution >= 0.6 is 0 Å². The van der Waals surface area contributed by atoms with E-state index in [1.54, 1.807) is 0 Å². The molecule has 0 aliphatic rings. The Bertz CT molecular complexity index is 3210. The average molecular weight is 674 g/mol. The molecule has 0 saturated carbocycles. The van der Waals surface area contributed by atoms with Crippen molar-refractivity contribution in [2.24, 2.45) is 0 Å². The summed E-state index contributed by atoms with van der Waals surface area (Å²) in [5, 5.41) is 12.5. The summed E-state index contributed by atoms with van der Waals surface area (Å²) in [6, 6.07) is 67.3. The van der Waals surface area contributed by atoms with Crippen molar-refractivity contribution in [3.05, 3.63) is 188 Å². The number of nitrogens with zero attached hydrogens (tertiary/aromatic N) is 3. The van der Waals surface area contributed by atoms with Gasteiger partial charge < -0.3 is 4.57 Å². The van der Waals surface area contributed by atoms with E-state index in [4.69, 9.17) is 9.97 Å². The normalized spacial score (nSPS) is 11.8. The lowest BCUT2D eigenvalue weighted by atomic mass is 9.93. The first-order valence-corrected chi connectivity index (χ1v) is 18.1. The Morgan fingerprint density at radius 3 is 1.72 bits per heavy atom. The van der Waals surface area contributed by atoms with Crippen molar-refractivity contribution < 1.29 is 0 Å². The number of aromatic nitrogens is 3. The molecule has 0 atom stereocenters. The summed E-state index contributed by atoms with van der Waals surface area (Å²) in [7, 11) is 0. The van der Waals surface area contributed by atoms with E-state index >= 15 is 0 Å². The van der Waals surface area contributed by atoms with Crippen LogP contribution in [0, 0.1) is 0 Å². The van der Waals surface area contributed by atoms with Gasteiger partial charge in [0.15, 0.2) is 5.82 Å². The van der Waals surface area contributed by atoms with Crippen LogP contribution in [-0.4, -0.2) is 14.5 Å². The first kappa shape index (κ1) is 29.6. The molecule has 2 aromatic heterocycles. The SMILES string of the molecule is c1ccc(-c2cc(-c3ccc4ccccc4c3)nc(-c3ccc(-n4c5ccccc5c5c6ccccc6c6c7ccccc7ccc6c54)cc3)n2)cc1. The third kappa shape index (κ3) is 4.68. The zero-order valence-corrected chi connectivity index (χ0v) is 28.7. The molecule has 0 bridgehead atoms. The zero-order chi connectivity index (χ0) is 34.9. The number of rotatable bonds is 4. The van der Waals surface area contributed by atoms with Gasteiger partial charge in [-0.05, 0) is 80.2 Å². The van der Waals surface area contributed by atoms with Crippen LogP contribution in [0.25, 0.3) is 104 Å². The Balaban J connectivity index is 1.13. The molecule has 0 spiro atoms. The molecule has 0 saturated heterocycles. The minimum Gasteiger partial charge on any atom is -0.309 e. The standard InChI is InChI=1S/C50H31N3/c1-2-14-34(15-3-1)44-31-45(37-23-22-32-12-4-5-16-36(32)30-37)52-50(51-44)35-24-27-38(28-25-35)53-46-21-11-10-20-42(46)48-41-19-9-8-18-40(41)47-39-17-7-6-13-33(39)26-29-43(47)49(48)53/h1-31H. The van der Waals surface area contributed by atoms with Crippen LogP contribution in [0.2, 0.25) is 0 Å². The molecule has 53 heavy (non-hydrogen) atoms. The smallest absolute Gasteiger partial charge is 0.160 e. The Hall–Kier alpha value is -7.10. The second-order valence-electron chi connectivity index (χ2n) is 13.8. The maximum Gasteiger partial charge on any atom is 0.160 e. The summed E-state index contributed by atoms with van der Waals surface area (Å²) >= 11 is 0. The van der Waals surface area contributed by atoms with E-state index < -0.39 is 0 Å². The van der Waals surface area contributed by atoms with Gasteiger partial charge in [-0.2, -0.15) is 0 Å². The Labute approximate surface area is 306 Å². The Morgan fingerprint density at radius 2 is 0.925 bits per heavy atom. The summed E-state index contributed by atoms with van der Waals surface area (Å²) in [6.07, 6.45) is 0. The van der Waals surface area contributed by atoms with E-state index in [9.17, 15) is 0 Å². The lowest BCUT2D eigenvalue weighted by molar-refractivity contribution is 1.17. The second kappa shape index (κ2) is 11.7. The maximum atomic E-state index is 5.18. The summed E-state index contributed by atoms with van der Waals surface area (Å²) in [5.41, 5.74) is 8.40. The van der Waals surface area contributed by atoms with Gasteiger partial charge in [0.1, 0.15) is 0 Å². The van der Waals surface area contributed by atoms with Crippen LogP contribution < -0.4 is 0 Å². The Morgan fingerprint density at radius 1 is 0.340 bits per heavy atom. The molecule has 0 aliphatic carbocycles. The van der Waals surface area contributed by atoms with E-state index in [1.807, 2.05) is 6.07 Å². The number of hydrogen-bond acceptors (Lipinski definition) is 2. The molecule has 0 amide bonds. The van der Waals surface area contributed by atoms with Crippen LogP contribution in [0.4, 0.5) is 0 Å². The minimum absolute atomic E-state index is 0.700. The van der Waals surface area contributed by atoms with Gasteiger partial charge in [0.05, 0.1) is 22.4 Å². The quantitative estimate of drug-likeness (QED) is 0.174. The highest BCUT2D eigenvalue weighted by molar-refractivity contribution is 6.36. The molecular weight excluding hydrogens is 643 g/mol. The number of hydrogen-bond donors (Lipinski definition) is 0. The fraction of sp³-hybridized carbons (Fsp3) is 0. The topological polar surface area (TPSA) is 30.7 Å². The lowest BCUT2D eigenvalue weighted by Gasteiger charge is -2.14. The van der Waals surface area contributed by atoms with Crippen LogP contribution in [0.3, 0.4) is 0 Å². The van der Waals surface area contributed by atoms with Gasteiger partial charge in [0.25, 0.3) is 0 Å². The monoisotopic (exact) mass is 673 g/mol.